The summed E-state index contributed by atoms with van der Waals surface area (Å²) in [4.78, 5) is 10.1. The lowest BCUT2D eigenvalue weighted by Gasteiger charge is -2.14. The number of halogens is 1. The number of aliphatic hydroxyl groups is 1. The Hall–Kier alpha value is -1.23. The van der Waals surface area contributed by atoms with Gasteiger partial charge in [0.2, 0.25) is 0 Å². The van der Waals surface area contributed by atoms with Crippen LogP contribution in [0.2, 0.25) is 0 Å². The Labute approximate surface area is 185 Å². The maximum atomic E-state index is 10.5. The van der Waals surface area contributed by atoms with Crippen molar-refractivity contribution in [2.75, 3.05) is 13.1 Å². The number of aryl methyl sites for hydroxylation is 1. The molecule has 2 aromatic heterocycles. The summed E-state index contributed by atoms with van der Waals surface area (Å²) in [7, 11) is 0. The summed E-state index contributed by atoms with van der Waals surface area (Å²) in [5, 5.41) is 21.3. The standard InChI is InChI=1S/C19H24N4OS2.HI/c1-3-18-23-14(12-25-18)10-21-19(20-4-2)22-11-15(24)17-9-13-7-5-6-8-16(13)26-17;/h5-9,12,15,24H,3-4,10-11H2,1-2H3,(H2,20,21,22);1H. The fourth-order valence-electron chi connectivity index (χ4n) is 2.55. The molecule has 3 aromatic rings. The SMILES string of the molecule is CCNC(=NCc1csc(CC)n1)NCC(O)c1cc2ccccc2s1.I. The van der Waals surface area contributed by atoms with Crippen molar-refractivity contribution in [3.05, 3.63) is 51.3 Å². The molecular weight excluding hydrogens is 491 g/mol. The Kier molecular flexibility index (Phi) is 8.94. The zero-order valence-electron chi connectivity index (χ0n) is 15.4. The Morgan fingerprint density at radius 3 is 2.78 bits per heavy atom. The van der Waals surface area contributed by atoms with Crippen molar-refractivity contribution in [3.8, 4) is 0 Å². The van der Waals surface area contributed by atoms with Crippen LogP contribution in [0.15, 0.2) is 40.7 Å². The van der Waals surface area contributed by atoms with Gasteiger partial charge < -0.3 is 15.7 Å². The zero-order valence-corrected chi connectivity index (χ0v) is 19.4. The average molecular weight is 516 g/mol. The molecular formula is C19H25IN4OS2. The first kappa shape index (κ1) is 22.1. The Morgan fingerprint density at radius 1 is 1.26 bits per heavy atom. The number of benzene rings is 1. The van der Waals surface area contributed by atoms with Crippen LogP contribution >= 0.6 is 46.7 Å². The monoisotopic (exact) mass is 516 g/mol. The lowest BCUT2D eigenvalue weighted by molar-refractivity contribution is 0.184. The zero-order chi connectivity index (χ0) is 18.4. The van der Waals surface area contributed by atoms with Gasteiger partial charge in [0, 0.05) is 28.0 Å². The van der Waals surface area contributed by atoms with E-state index in [0.29, 0.717) is 19.0 Å². The molecule has 0 amide bonds. The minimum atomic E-state index is -0.567. The van der Waals surface area contributed by atoms with Crippen molar-refractivity contribution in [2.45, 2.75) is 32.9 Å². The Balaban J connectivity index is 0.00000261. The summed E-state index contributed by atoms with van der Waals surface area (Å²) < 4.78 is 1.19. The number of nitrogens with zero attached hydrogens (tertiary/aromatic N) is 2. The second kappa shape index (κ2) is 10.9. The first-order valence-electron chi connectivity index (χ1n) is 8.81. The van der Waals surface area contributed by atoms with Gasteiger partial charge in [0.25, 0.3) is 0 Å². The van der Waals surface area contributed by atoms with Crippen molar-refractivity contribution >= 4 is 62.7 Å². The summed E-state index contributed by atoms with van der Waals surface area (Å²) in [6.45, 7) is 5.84. The number of aromatic nitrogens is 1. The van der Waals surface area contributed by atoms with E-state index in [2.05, 4.69) is 51.1 Å². The second-order valence-corrected chi connectivity index (χ2v) is 7.92. The molecule has 1 unspecified atom stereocenters. The molecule has 0 aliphatic rings. The molecule has 27 heavy (non-hydrogen) atoms. The van der Waals surface area contributed by atoms with Crippen LogP contribution in [0, 0.1) is 0 Å². The largest absolute Gasteiger partial charge is 0.386 e. The highest BCUT2D eigenvalue weighted by Crippen LogP contribution is 2.29. The highest BCUT2D eigenvalue weighted by Gasteiger charge is 2.12. The van der Waals surface area contributed by atoms with E-state index in [4.69, 9.17) is 0 Å². The van der Waals surface area contributed by atoms with Crippen LogP contribution in [-0.4, -0.2) is 29.1 Å². The Morgan fingerprint density at radius 2 is 2.07 bits per heavy atom. The van der Waals surface area contributed by atoms with Crippen LogP contribution in [0.25, 0.3) is 10.1 Å². The van der Waals surface area contributed by atoms with E-state index in [1.165, 1.54) is 10.1 Å². The molecule has 0 saturated heterocycles. The number of thiazole rings is 1. The average Bonchev–Trinajstić information content (AvgIpc) is 3.30. The van der Waals surface area contributed by atoms with Crippen LogP contribution in [0.1, 0.15) is 35.5 Å². The first-order valence-corrected chi connectivity index (χ1v) is 10.5. The maximum absolute atomic E-state index is 10.5. The van der Waals surface area contributed by atoms with Gasteiger partial charge in [-0.05, 0) is 30.9 Å². The summed E-state index contributed by atoms with van der Waals surface area (Å²) in [5.74, 6) is 0.693. The van der Waals surface area contributed by atoms with E-state index in [1.54, 1.807) is 22.7 Å². The topological polar surface area (TPSA) is 69.5 Å². The third-order valence-corrected chi connectivity index (χ3v) is 6.14. The summed E-state index contributed by atoms with van der Waals surface area (Å²) >= 11 is 3.30. The van der Waals surface area contributed by atoms with Crippen LogP contribution in [0.5, 0.6) is 0 Å². The number of guanidine groups is 1. The molecule has 1 aromatic carbocycles. The summed E-state index contributed by atoms with van der Waals surface area (Å²) in [5.41, 5.74) is 0.981. The number of nitrogens with one attached hydrogen (secondary N) is 2. The molecule has 0 fully saturated rings. The molecule has 1 atom stereocenters. The minimum absolute atomic E-state index is 0. The molecule has 3 N–H and O–H groups in total. The van der Waals surface area contributed by atoms with E-state index >= 15 is 0 Å². The molecule has 0 radical (unpaired) electrons. The molecule has 2 heterocycles. The van der Waals surface area contributed by atoms with E-state index in [1.807, 2.05) is 19.1 Å². The van der Waals surface area contributed by atoms with E-state index in [0.717, 1.165) is 28.5 Å². The highest BCUT2D eigenvalue weighted by molar-refractivity contribution is 14.0. The van der Waals surface area contributed by atoms with Crippen molar-refractivity contribution < 1.29 is 5.11 Å². The van der Waals surface area contributed by atoms with Crippen molar-refractivity contribution in [3.63, 3.8) is 0 Å². The third-order valence-electron chi connectivity index (χ3n) is 3.88. The number of hydrogen-bond donors (Lipinski definition) is 3. The number of aliphatic hydroxyl groups excluding tert-OH is 1. The molecule has 8 heteroatoms. The van der Waals surface area contributed by atoms with Gasteiger partial charge in [0.05, 0.1) is 17.2 Å². The lowest BCUT2D eigenvalue weighted by atomic mass is 10.2. The molecule has 0 bridgehead atoms. The van der Waals surface area contributed by atoms with Crippen molar-refractivity contribution in [1.82, 2.24) is 15.6 Å². The lowest BCUT2D eigenvalue weighted by Crippen LogP contribution is -2.39. The van der Waals surface area contributed by atoms with Gasteiger partial charge in [-0.25, -0.2) is 9.98 Å². The molecule has 3 rings (SSSR count). The predicted octanol–water partition coefficient (Wildman–Crippen LogP) is 4.33. The smallest absolute Gasteiger partial charge is 0.191 e. The van der Waals surface area contributed by atoms with Gasteiger partial charge in [0.15, 0.2) is 5.96 Å². The molecule has 5 nitrogen and oxygen atoms in total. The molecule has 0 saturated carbocycles. The van der Waals surface area contributed by atoms with E-state index in [9.17, 15) is 5.11 Å². The molecule has 0 aliphatic heterocycles. The predicted molar refractivity (Wildman–Crippen MR) is 127 cm³/mol. The number of hydrogen-bond acceptors (Lipinski definition) is 5. The summed E-state index contributed by atoms with van der Waals surface area (Å²) in [6.07, 6.45) is 0.385. The highest BCUT2D eigenvalue weighted by atomic mass is 127. The van der Waals surface area contributed by atoms with Crippen LogP contribution in [0.3, 0.4) is 0 Å². The third kappa shape index (κ3) is 6.13. The van der Waals surface area contributed by atoms with Gasteiger partial charge >= 0.3 is 0 Å². The van der Waals surface area contributed by atoms with Gasteiger partial charge in [0.1, 0.15) is 6.10 Å². The first-order chi connectivity index (χ1) is 12.7. The number of fused-ring (bicyclic) bond motifs is 1. The van der Waals surface area contributed by atoms with Crippen LogP contribution in [-0.2, 0) is 13.0 Å². The number of aliphatic imine (C=N–C) groups is 1. The molecule has 0 aliphatic carbocycles. The second-order valence-electron chi connectivity index (χ2n) is 5.86. The Bertz CT molecular complexity index is 844. The van der Waals surface area contributed by atoms with Gasteiger partial charge in [-0.1, -0.05) is 25.1 Å². The summed E-state index contributed by atoms with van der Waals surface area (Å²) in [6, 6.07) is 10.2. The number of rotatable bonds is 7. The van der Waals surface area contributed by atoms with E-state index < -0.39 is 6.10 Å². The van der Waals surface area contributed by atoms with Crippen LogP contribution in [0.4, 0.5) is 0 Å². The van der Waals surface area contributed by atoms with Crippen LogP contribution < -0.4 is 10.6 Å². The molecule has 0 spiro atoms. The quantitative estimate of drug-likeness (QED) is 0.249. The van der Waals surface area contributed by atoms with Crippen molar-refractivity contribution in [2.24, 2.45) is 4.99 Å². The van der Waals surface area contributed by atoms with Gasteiger partial charge in [-0.15, -0.1) is 46.7 Å². The fourth-order valence-corrected chi connectivity index (χ4v) is 4.33. The maximum Gasteiger partial charge on any atom is 0.191 e. The van der Waals surface area contributed by atoms with Crippen molar-refractivity contribution in [1.29, 1.82) is 0 Å². The number of thiophene rings is 1. The van der Waals surface area contributed by atoms with Gasteiger partial charge in [-0.2, -0.15) is 0 Å². The molecule has 146 valence electrons. The normalized spacial score (nSPS) is 12.6. The fraction of sp³-hybridized carbons (Fsp3) is 0.368. The van der Waals surface area contributed by atoms with E-state index in [-0.39, 0.29) is 24.0 Å². The minimum Gasteiger partial charge on any atom is -0.386 e. The van der Waals surface area contributed by atoms with Gasteiger partial charge in [-0.3, -0.25) is 0 Å².